The maximum absolute atomic E-state index is 13.1. The normalized spacial score (nSPS) is 24.0. The van der Waals surface area contributed by atoms with Gasteiger partial charge in [-0.1, -0.05) is 30.3 Å². The van der Waals surface area contributed by atoms with Gasteiger partial charge in [0.25, 0.3) is 0 Å². The maximum Gasteiger partial charge on any atom is 0.317 e. The van der Waals surface area contributed by atoms with Crippen LogP contribution in [0.1, 0.15) is 24.1 Å². The summed E-state index contributed by atoms with van der Waals surface area (Å²) in [5.74, 6) is 0.470. The van der Waals surface area contributed by atoms with Crippen LogP contribution in [0.5, 0.6) is 11.5 Å². The maximum atomic E-state index is 13.1. The second kappa shape index (κ2) is 8.72. The van der Waals surface area contributed by atoms with Crippen molar-refractivity contribution in [3.63, 3.8) is 0 Å². The molecule has 0 radical (unpaired) electrons. The molecule has 2 aromatic rings. The number of ether oxygens (including phenoxy) is 4. The Hall–Kier alpha value is -2.84. The van der Waals surface area contributed by atoms with E-state index in [9.17, 15) is 4.79 Å². The number of rotatable bonds is 7. The third-order valence-electron chi connectivity index (χ3n) is 5.79. The van der Waals surface area contributed by atoms with Gasteiger partial charge in [0.05, 0.1) is 26.4 Å². The average molecular weight is 443 g/mol. The Morgan fingerprint density at radius 1 is 1.23 bits per heavy atom. The van der Waals surface area contributed by atoms with Gasteiger partial charge in [-0.25, -0.2) is 0 Å². The van der Waals surface area contributed by atoms with Gasteiger partial charge in [-0.05, 0) is 42.9 Å². The molecule has 0 aromatic heterocycles. The number of para-hydroxylation sites is 1. The van der Waals surface area contributed by atoms with Crippen LogP contribution in [0.4, 0.5) is 0 Å². The molecule has 4 rings (SSSR count). The summed E-state index contributed by atoms with van der Waals surface area (Å²) < 4.78 is 23.2. The Morgan fingerprint density at radius 2 is 1.97 bits per heavy atom. The summed E-state index contributed by atoms with van der Waals surface area (Å²) in [6.45, 7) is 2.55. The predicted molar refractivity (Wildman–Crippen MR) is 119 cm³/mol. The first-order chi connectivity index (χ1) is 15.0. The first-order valence-electron chi connectivity index (χ1n) is 10.2. The van der Waals surface area contributed by atoms with Gasteiger partial charge in [0, 0.05) is 12.6 Å². The molecule has 0 amide bonds. The molecule has 3 atom stereocenters. The molecule has 1 N–H and O–H groups in total. The fraction of sp³-hybridized carbons (Fsp3) is 0.391. The molecule has 2 aliphatic rings. The molecule has 7 nitrogen and oxygen atoms in total. The van der Waals surface area contributed by atoms with Crippen LogP contribution in [0.3, 0.4) is 0 Å². The van der Waals surface area contributed by atoms with E-state index >= 15 is 0 Å². The van der Waals surface area contributed by atoms with Crippen molar-refractivity contribution in [3.8, 4) is 11.5 Å². The van der Waals surface area contributed by atoms with Crippen LogP contribution in [-0.2, 0) is 20.9 Å². The molecule has 2 heterocycles. The molecule has 1 fully saturated rings. The summed E-state index contributed by atoms with van der Waals surface area (Å²) in [5, 5.41) is 3.79. The lowest BCUT2D eigenvalue weighted by molar-refractivity contribution is -0.192. The van der Waals surface area contributed by atoms with Gasteiger partial charge in [-0.15, -0.1) is 0 Å². The molecule has 2 bridgehead atoms. The lowest BCUT2D eigenvalue weighted by Crippen LogP contribution is -2.73. The van der Waals surface area contributed by atoms with Gasteiger partial charge in [0.15, 0.2) is 5.11 Å². The fourth-order valence-corrected chi connectivity index (χ4v) is 4.45. The standard InChI is InChI=1S/C23H26N2O5S/c1-4-29-21(26)19-20-17-7-5-6-8-18(17)30-23(19,25(2)22(31)24-20)14-28-13-15-9-11-16(27-3)12-10-15/h5-12,19-20H,4,13-14H2,1-3H3,(H,24,31)/t19-,20+,23-/m0/s1. The molecule has 1 saturated heterocycles. The van der Waals surface area contributed by atoms with E-state index in [0.29, 0.717) is 17.5 Å². The Morgan fingerprint density at radius 3 is 2.68 bits per heavy atom. The third-order valence-corrected chi connectivity index (χ3v) is 6.18. The van der Waals surface area contributed by atoms with E-state index in [2.05, 4.69) is 5.32 Å². The molecule has 2 aliphatic heterocycles. The van der Waals surface area contributed by atoms with E-state index in [1.807, 2.05) is 55.6 Å². The highest BCUT2D eigenvalue weighted by molar-refractivity contribution is 7.80. The first kappa shape index (κ1) is 21.4. The molecule has 0 aliphatic carbocycles. The summed E-state index contributed by atoms with van der Waals surface area (Å²) in [5.41, 5.74) is 0.735. The SMILES string of the molecule is CCOC(=O)[C@@H]1[C@@H]2NC(=S)N(C)[C@@]1(COCc1ccc(OC)cc1)Oc1ccccc12. The van der Waals surface area contributed by atoms with Crippen LogP contribution in [0.15, 0.2) is 48.5 Å². The van der Waals surface area contributed by atoms with Crippen LogP contribution in [-0.4, -0.2) is 49.1 Å². The van der Waals surface area contributed by atoms with E-state index in [0.717, 1.165) is 16.9 Å². The topological polar surface area (TPSA) is 69.3 Å². The summed E-state index contributed by atoms with van der Waals surface area (Å²) in [7, 11) is 3.44. The number of likely N-dealkylation sites (N-methyl/N-ethyl adjacent to an activating group) is 1. The Balaban J connectivity index is 1.65. The minimum Gasteiger partial charge on any atom is -0.497 e. The van der Waals surface area contributed by atoms with E-state index in [4.69, 9.17) is 31.2 Å². The summed E-state index contributed by atoms with van der Waals surface area (Å²) in [6.07, 6.45) is 0. The number of methoxy groups -OCH3 is 1. The van der Waals surface area contributed by atoms with Crippen LogP contribution in [0.2, 0.25) is 0 Å². The molecular formula is C23H26N2O5S. The van der Waals surface area contributed by atoms with Crippen molar-refractivity contribution in [1.82, 2.24) is 10.2 Å². The highest BCUT2D eigenvalue weighted by atomic mass is 32.1. The van der Waals surface area contributed by atoms with E-state index in [-0.39, 0.29) is 25.2 Å². The Kier molecular flexibility index (Phi) is 6.02. The first-order valence-corrected chi connectivity index (χ1v) is 10.6. The number of fused-ring (bicyclic) bond motifs is 4. The number of esters is 1. The third kappa shape index (κ3) is 3.81. The number of nitrogens with one attached hydrogen (secondary N) is 1. The van der Waals surface area contributed by atoms with Crippen molar-refractivity contribution in [3.05, 3.63) is 59.7 Å². The van der Waals surface area contributed by atoms with Crippen LogP contribution < -0.4 is 14.8 Å². The van der Waals surface area contributed by atoms with E-state index in [1.54, 1.807) is 18.9 Å². The minimum atomic E-state index is -1.12. The molecule has 8 heteroatoms. The Labute approximate surface area is 187 Å². The predicted octanol–water partition coefficient (Wildman–Crippen LogP) is 3.04. The van der Waals surface area contributed by atoms with Gasteiger partial charge in [-0.3, -0.25) is 4.79 Å². The largest absolute Gasteiger partial charge is 0.497 e. The lowest BCUT2D eigenvalue weighted by Gasteiger charge is -2.55. The summed E-state index contributed by atoms with van der Waals surface area (Å²) >= 11 is 5.57. The average Bonchev–Trinajstić information content (AvgIpc) is 2.78. The van der Waals surface area contributed by atoms with E-state index < -0.39 is 11.6 Å². The minimum absolute atomic E-state index is 0.131. The van der Waals surface area contributed by atoms with Gasteiger partial charge in [0.2, 0.25) is 5.72 Å². The molecule has 31 heavy (non-hydrogen) atoms. The zero-order chi connectivity index (χ0) is 22.0. The number of nitrogens with zero attached hydrogens (tertiary/aromatic N) is 1. The quantitative estimate of drug-likeness (QED) is 0.518. The number of carbonyl (C=O) groups is 1. The number of benzene rings is 2. The highest BCUT2D eigenvalue weighted by Crippen LogP contribution is 2.48. The smallest absolute Gasteiger partial charge is 0.317 e. The molecule has 2 aromatic carbocycles. The second-order valence-corrected chi connectivity index (χ2v) is 7.93. The van der Waals surface area contributed by atoms with E-state index in [1.165, 1.54) is 0 Å². The van der Waals surface area contributed by atoms with Crippen molar-refractivity contribution >= 4 is 23.3 Å². The van der Waals surface area contributed by atoms with Crippen LogP contribution in [0, 0.1) is 5.92 Å². The molecule has 0 spiro atoms. The van der Waals surface area contributed by atoms with Gasteiger partial charge in [-0.2, -0.15) is 0 Å². The summed E-state index contributed by atoms with van der Waals surface area (Å²) in [6, 6.07) is 14.9. The fourth-order valence-electron chi connectivity index (χ4n) is 4.17. The van der Waals surface area contributed by atoms with Crippen molar-refractivity contribution in [2.45, 2.75) is 25.3 Å². The van der Waals surface area contributed by atoms with Crippen LogP contribution >= 0.6 is 12.2 Å². The zero-order valence-corrected chi connectivity index (χ0v) is 18.6. The number of carbonyl (C=O) groups excluding carboxylic acids is 1. The second-order valence-electron chi connectivity index (χ2n) is 7.54. The lowest BCUT2D eigenvalue weighted by atomic mass is 9.79. The molecule has 0 saturated carbocycles. The van der Waals surface area contributed by atoms with Gasteiger partial charge in [0.1, 0.15) is 24.0 Å². The number of hydrogen-bond acceptors (Lipinski definition) is 6. The number of hydrogen-bond donors (Lipinski definition) is 1. The highest BCUT2D eigenvalue weighted by Gasteiger charge is 2.61. The van der Waals surface area contributed by atoms with Crippen molar-refractivity contribution in [2.24, 2.45) is 5.92 Å². The molecule has 0 unspecified atom stereocenters. The van der Waals surface area contributed by atoms with Crippen molar-refractivity contribution < 1.29 is 23.7 Å². The number of thiocarbonyl (C=S) groups is 1. The van der Waals surface area contributed by atoms with Gasteiger partial charge < -0.3 is 29.2 Å². The van der Waals surface area contributed by atoms with Crippen molar-refractivity contribution in [2.75, 3.05) is 27.4 Å². The van der Waals surface area contributed by atoms with Gasteiger partial charge >= 0.3 is 5.97 Å². The zero-order valence-electron chi connectivity index (χ0n) is 17.8. The summed E-state index contributed by atoms with van der Waals surface area (Å²) in [4.78, 5) is 14.9. The molecule has 164 valence electrons. The Bertz CT molecular complexity index is 967. The molecular weight excluding hydrogens is 416 g/mol. The van der Waals surface area contributed by atoms with Crippen molar-refractivity contribution in [1.29, 1.82) is 0 Å². The van der Waals surface area contributed by atoms with Crippen LogP contribution in [0.25, 0.3) is 0 Å². The monoisotopic (exact) mass is 442 g/mol.